The van der Waals surface area contributed by atoms with Crippen molar-refractivity contribution >= 4 is 23.2 Å². The third-order valence-corrected chi connectivity index (χ3v) is 4.66. The topological polar surface area (TPSA) is 66.7 Å². The number of methoxy groups -OCH3 is 1. The Balaban J connectivity index is 1.52. The Kier molecular flexibility index (Phi) is 6.22. The second-order valence-corrected chi connectivity index (χ2v) is 6.60. The van der Waals surface area contributed by atoms with Crippen molar-refractivity contribution in [2.45, 2.75) is 19.0 Å². The van der Waals surface area contributed by atoms with Crippen molar-refractivity contribution in [2.75, 3.05) is 38.7 Å². The first-order chi connectivity index (χ1) is 12.7. The van der Waals surface area contributed by atoms with Gasteiger partial charge >= 0.3 is 0 Å². The second kappa shape index (κ2) is 8.80. The summed E-state index contributed by atoms with van der Waals surface area (Å²) in [6.07, 6.45) is 4.75. The maximum absolute atomic E-state index is 6.16. The molecular weight excluding hydrogens is 352 g/mol. The molecule has 1 saturated heterocycles. The summed E-state index contributed by atoms with van der Waals surface area (Å²) in [4.78, 5) is 6.61. The van der Waals surface area contributed by atoms with E-state index in [9.17, 15) is 0 Å². The number of hydrogen-bond acceptors (Lipinski definition) is 4. The highest BCUT2D eigenvalue weighted by Crippen LogP contribution is 2.33. The van der Waals surface area contributed by atoms with Gasteiger partial charge in [-0.15, -0.1) is 0 Å². The number of hydrogen-bond donors (Lipinski definition) is 2. The molecule has 2 aromatic rings. The lowest BCUT2D eigenvalue weighted by molar-refractivity contribution is 0.415. The highest BCUT2D eigenvalue weighted by atomic mass is 35.5. The van der Waals surface area contributed by atoms with Gasteiger partial charge in [0.05, 0.1) is 19.3 Å². The quantitative estimate of drug-likeness (QED) is 0.596. The Hall–Kier alpha value is -2.41. The molecule has 8 heteroatoms. The number of benzene rings is 1. The van der Waals surface area contributed by atoms with E-state index < -0.39 is 0 Å². The smallest absolute Gasteiger partial charge is 0.191 e. The summed E-state index contributed by atoms with van der Waals surface area (Å²) in [7, 11) is 3.47. The van der Waals surface area contributed by atoms with Gasteiger partial charge in [0.2, 0.25) is 0 Å². The van der Waals surface area contributed by atoms with E-state index in [1.165, 1.54) is 0 Å². The molecule has 0 bridgehead atoms. The van der Waals surface area contributed by atoms with Gasteiger partial charge in [0, 0.05) is 50.1 Å². The fourth-order valence-corrected chi connectivity index (χ4v) is 3.28. The van der Waals surface area contributed by atoms with Crippen molar-refractivity contribution in [1.29, 1.82) is 0 Å². The average molecular weight is 377 g/mol. The van der Waals surface area contributed by atoms with E-state index in [0.717, 1.165) is 50.0 Å². The molecule has 0 saturated carbocycles. The van der Waals surface area contributed by atoms with Crippen LogP contribution in [0.4, 0.5) is 5.69 Å². The van der Waals surface area contributed by atoms with Crippen molar-refractivity contribution in [1.82, 2.24) is 20.4 Å². The Morgan fingerprint density at radius 2 is 2.35 bits per heavy atom. The number of rotatable bonds is 6. The van der Waals surface area contributed by atoms with Gasteiger partial charge in [0.15, 0.2) is 5.96 Å². The molecule has 1 fully saturated rings. The Morgan fingerprint density at radius 3 is 3.08 bits per heavy atom. The van der Waals surface area contributed by atoms with E-state index in [4.69, 9.17) is 16.3 Å². The van der Waals surface area contributed by atoms with Gasteiger partial charge in [-0.05, 0) is 30.7 Å². The van der Waals surface area contributed by atoms with Gasteiger partial charge in [-0.3, -0.25) is 9.67 Å². The Morgan fingerprint density at radius 1 is 1.46 bits per heavy atom. The lowest BCUT2D eigenvalue weighted by Crippen LogP contribution is -2.45. The van der Waals surface area contributed by atoms with Crippen LogP contribution in [0.2, 0.25) is 5.02 Å². The van der Waals surface area contributed by atoms with E-state index >= 15 is 0 Å². The summed E-state index contributed by atoms with van der Waals surface area (Å²) >= 11 is 6.16. The van der Waals surface area contributed by atoms with Crippen LogP contribution in [-0.2, 0) is 6.54 Å². The summed E-state index contributed by atoms with van der Waals surface area (Å²) in [5, 5.41) is 11.7. The van der Waals surface area contributed by atoms with Gasteiger partial charge < -0.3 is 20.3 Å². The first-order valence-corrected chi connectivity index (χ1v) is 9.10. The zero-order valence-corrected chi connectivity index (χ0v) is 15.9. The van der Waals surface area contributed by atoms with E-state index in [-0.39, 0.29) is 0 Å². The molecule has 1 unspecified atom stereocenters. The molecule has 0 aliphatic carbocycles. The summed E-state index contributed by atoms with van der Waals surface area (Å²) < 4.78 is 7.37. The molecule has 7 nitrogen and oxygen atoms in total. The van der Waals surface area contributed by atoms with E-state index in [1.807, 2.05) is 35.1 Å². The molecule has 140 valence electrons. The average Bonchev–Trinajstić information content (AvgIpc) is 3.32. The van der Waals surface area contributed by atoms with E-state index in [1.54, 1.807) is 20.4 Å². The van der Waals surface area contributed by atoms with Gasteiger partial charge in [-0.1, -0.05) is 11.6 Å². The number of ether oxygens (including phenoxy) is 1. The van der Waals surface area contributed by atoms with Crippen LogP contribution in [0, 0.1) is 0 Å². The number of nitrogens with zero attached hydrogens (tertiary/aromatic N) is 4. The lowest BCUT2D eigenvalue weighted by Gasteiger charge is -2.22. The van der Waals surface area contributed by atoms with Crippen LogP contribution >= 0.6 is 11.6 Å². The van der Waals surface area contributed by atoms with Crippen molar-refractivity contribution in [2.24, 2.45) is 4.99 Å². The van der Waals surface area contributed by atoms with Crippen LogP contribution in [0.1, 0.15) is 6.42 Å². The van der Waals surface area contributed by atoms with Gasteiger partial charge in [0.25, 0.3) is 0 Å². The number of aromatic nitrogens is 2. The SMILES string of the molecule is CN=C(NCCn1cccn1)NC1CCN(c2cc(Cl)ccc2OC)C1. The number of nitrogens with one attached hydrogen (secondary N) is 2. The molecular formula is C18H25ClN6O. The molecule has 2 heterocycles. The third kappa shape index (κ3) is 4.60. The fourth-order valence-electron chi connectivity index (χ4n) is 3.12. The van der Waals surface area contributed by atoms with Gasteiger partial charge in [-0.25, -0.2) is 0 Å². The van der Waals surface area contributed by atoms with Crippen LogP contribution in [0.3, 0.4) is 0 Å². The lowest BCUT2D eigenvalue weighted by atomic mass is 10.2. The predicted molar refractivity (Wildman–Crippen MR) is 105 cm³/mol. The van der Waals surface area contributed by atoms with Crippen LogP contribution in [0.25, 0.3) is 0 Å². The molecule has 0 spiro atoms. The monoisotopic (exact) mass is 376 g/mol. The highest BCUT2D eigenvalue weighted by Gasteiger charge is 2.25. The Bertz CT molecular complexity index is 733. The van der Waals surface area contributed by atoms with Crippen LogP contribution < -0.4 is 20.3 Å². The van der Waals surface area contributed by atoms with Crippen LogP contribution in [0.15, 0.2) is 41.7 Å². The van der Waals surface area contributed by atoms with Crippen molar-refractivity contribution < 1.29 is 4.74 Å². The molecule has 1 aliphatic rings. The number of anilines is 1. The summed E-state index contributed by atoms with van der Waals surface area (Å²) in [5.74, 6) is 1.65. The summed E-state index contributed by atoms with van der Waals surface area (Å²) in [5.41, 5.74) is 1.03. The highest BCUT2D eigenvalue weighted by molar-refractivity contribution is 6.30. The fraction of sp³-hybridized carbons (Fsp3) is 0.444. The molecule has 1 atom stereocenters. The predicted octanol–water partition coefficient (Wildman–Crippen LogP) is 1.99. The minimum Gasteiger partial charge on any atom is -0.495 e. The molecule has 1 aromatic carbocycles. The second-order valence-electron chi connectivity index (χ2n) is 6.16. The maximum Gasteiger partial charge on any atom is 0.191 e. The maximum atomic E-state index is 6.16. The van der Waals surface area contributed by atoms with E-state index in [2.05, 4.69) is 25.6 Å². The molecule has 1 aliphatic heterocycles. The number of aliphatic imine (C=N–C) groups is 1. The first-order valence-electron chi connectivity index (χ1n) is 8.72. The number of halogens is 1. The molecule has 2 N–H and O–H groups in total. The van der Waals surface area contributed by atoms with Crippen molar-refractivity contribution in [3.8, 4) is 5.75 Å². The molecule has 26 heavy (non-hydrogen) atoms. The zero-order valence-electron chi connectivity index (χ0n) is 15.2. The summed E-state index contributed by atoms with van der Waals surface area (Å²) in [6.45, 7) is 3.37. The number of guanidine groups is 1. The zero-order chi connectivity index (χ0) is 18.4. The normalized spacial score (nSPS) is 17.4. The van der Waals surface area contributed by atoms with Crippen molar-refractivity contribution in [3.63, 3.8) is 0 Å². The largest absolute Gasteiger partial charge is 0.495 e. The van der Waals surface area contributed by atoms with Crippen LogP contribution in [0.5, 0.6) is 5.75 Å². The molecule has 0 radical (unpaired) electrons. The van der Waals surface area contributed by atoms with Crippen LogP contribution in [-0.4, -0.2) is 55.6 Å². The molecule has 0 amide bonds. The molecule has 1 aromatic heterocycles. The third-order valence-electron chi connectivity index (χ3n) is 4.43. The van der Waals surface area contributed by atoms with E-state index in [0.29, 0.717) is 11.1 Å². The van der Waals surface area contributed by atoms with Crippen molar-refractivity contribution in [3.05, 3.63) is 41.7 Å². The minimum atomic E-state index is 0.314. The standard InChI is InChI=1S/C18H25ClN6O/c1-20-18(21-8-11-25-9-3-7-22-25)23-15-6-10-24(13-15)16-12-14(19)4-5-17(16)26-2/h3-5,7,9,12,15H,6,8,10-11,13H2,1-2H3,(H2,20,21,23). The van der Waals surface area contributed by atoms with Gasteiger partial charge in [0.1, 0.15) is 5.75 Å². The molecule has 3 rings (SSSR count). The first kappa shape index (κ1) is 18.4. The summed E-state index contributed by atoms with van der Waals surface area (Å²) in [6, 6.07) is 7.95. The minimum absolute atomic E-state index is 0.314. The Labute approximate surface area is 159 Å². The van der Waals surface area contributed by atoms with Gasteiger partial charge in [-0.2, -0.15) is 5.10 Å².